The number of nitrogens with zero attached hydrogens (tertiary/aromatic N) is 1. The quantitative estimate of drug-likeness (QED) is 0.436. The lowest BCUT2D eigenvalue weighted by molar-refractivity contribution is -0.116. The van der Waals surface area contributed by atoms with Gasteiger partial charge in [0.15, 0.2) is 11.5 Å². The molecule has 0 aromatic heterocycles. The summed E-state index contributed by atoms with van der Waals surface area (Å²) < 4.78 is 33.3. The molecule has 1 fully saturated rings. The van der Waals surface area contributed by atoms with Gasteiger partial charge in [-0.05, 0) is 68.4 Å². The molecule has 0 bridgehead atoms. The number of ketones is 1. The molecule has 1 N–H and O–H groups in total. The molecule has 176 valence electrons. The maximum atomic E-state index is 13.9. The fourth-order valence-electron chi connectivity index (χ4n) is 4.07. The molecule has 1 saturated heterocycles. The highest BCUT2D eigenvalue weighted by Gasteiger charge is 2.28. The average Bonchev–Trinajstić information content (AvgIpc) is 2.86. The number of nitrogens with one attached hydrogen (secondary N) is 1. The predicted octanol–water partition coefficient (Wildman–Crippen LogP) is 5.68. The third-order valence-corrected chi connectivity index (χ3v) is 5.94. The maximum Gasteiger partial charge on any atom is 0.225 e. The number of likely N-dealkylation sites (tertiary alicyclic amines) is 1. The highest BCUT2D eigenvalue weighted by Crippen LogP contribution is 2.29. The summed E-state index contributed by atoms with van der Waals surface area (Å²) in [6.07, 6.45) is 1.38. The number of Topliss-reactive ketones (excluding diaryl/α,β-unsaturated/α-hetero) is 1. The monoisotopic (exact) mass is 464 g/mol. The zero-order valence-corrected chi connectivity index (χ0v) is 18.7. The lowest BCUT2D eigenvalue weighted by atomic mass is 9.88. The number of amides is 1. The number of benzene rings is 3. The van der Waals surface area contributed by atoms with Crippen molar-refractivity contribution in [3.8, 4) is 11.5 Å². The van der Waals surface area contributed by atoms with Crippen LogP contribution in [0.4, 0.5) is 14.5 Å². The Labute approximate surface area is 197 Å². The van der Waals surface area contributed by atoms with E-state index in [1.165, 1.54) is 0 Å². The molecule has 0 saturated carbocycles. The minimum absolute atomic E-state index is 0.135. The summed E-state index contributed by atoms with van der Waals surface area (Å²) in [4.78, 5) is 27.3. The smallest absolute Gasteiger partial charge is 0.225 e. The average molecular weight is 465 g/mol. The molecule has 7 heteroatoms. The van der Waals surface area contributed by atoms with Gasteiger partial charge in [-0.1, -0.05) is 30.3 Å². The largest absolute Gasteiger partial charge is 0.455 e. The summed E-state index contributed by atoms with van der Waals surface area (Å²) in [6, 6.07) is 19.6. The third-order valence-electron chi connectivity index (χ3n) is 5.94. The van der Waals surface area contributed by atoms with E-state index in [4.69, 9.17) is 4.74 Å². The Morgan fingerprint density at radius 2 is 1.65 bits per heavy atom. The van der Waals surface area contributed by atoms with Crippen molar-refractivity contribution in [2.24, 2.45) is 5.92 Å². The molecule has 1 heterocycles. The Morgan fingerprint density at radius 1 is 0.941 bits per heavy atom. The van der Waals surface area contributed by atoms with Gasteiger partial charge in [-0.3, -0.25) is 9.59 Å². The predicted molar refractivity (Wildman–Crippen MR) is 126 cm³/mol. The fraction of sp³-hybridized carbons (Fsp3) is 0.259. The molecule has 4 rings (SSSR count). The first-order valence-corrected chi connectivity index (χ1v) is 11.3. The first-order chi connectivity index (χ1) is 16.5. The van der Waals surface area contributed by atoms with Crippen LogP contribution in [0.5, 0.6) is 11.5 Å². The van der Waals surface area contributed by atoms with Crippen LogP contribution in [-0.4, -0.2) is 36.2 Å². The van der Waals surface area contributed by atoms with Crippen LogP contribution in [0.25, 0.3) is 0 Å². The minimum Gasteiger partial charge on any atom is -0.455 e. The Morgan fingerprint density at radius 3 is 2.41 bits per heavy atom. The van der Waals surface area contributed by atoms with E-state index in [2.05, 4.69) is 10.2 Å². The van der Waals surface area contributed by atoms with E-state index in [0.717, 1.165) is 18.2 Å². The van der Waals surface area contributed by atoms with Crippen molar-refractivity contribution in [1.82, 2.24) is 4.90 Å². The molecule has 5 nitrogen and oxygen atoms in total. The number of piperidine rings is 1. The molecule has 3 aromatic rings. The molecule has 3 aromatic carbocycles. The van der Waals surface area contributed by atoms with Crippen molar-refractivity contribution in [2.45, 2.75) is 19.3 Å². The standard InChI is InChI=1S/C27H26F2N2O3/c28-20-10-11-23(29)22(18-20)27(33)19-12-15-31(16-13-19)17-14-26(32)30-24-8-4-5-9-25(24)34-21-6-2-1-3-7-21/h1-11,18-19H,12-17H2,(H,30,32). The first-order valence-electron chi connectivity index (χ1n) is 11.3. The number of anilines is 1. The second-order valence-electron chi connectivity index (χ2n) is 8.31. The van der Waals surface area contributed by atoms with E-state index < -0.39 is 11.6 Å². The molecular formula is C27H26F2N2O3. The summed E-state index contributed by atoms with van der Waals surface area (Å²) in [6.45, 7) is 1.78. The highest BCUT2D eigenvalue weighted by molar-refractivity contribution is 5.98. The number of hydrogen-bond acceptors (Lipinski definition) is 4. The van der Waals surface area contributed by atoms with Crippen LogP contribution in [0.15, 0.2) is 72.8 Å². The number of carbonyl (C=O) groups is 2. The van der Waals surface area contributed by atoms with Crippen LogP contribution >= 0.6 is 0 Å². The number of halogens is 2. The van der Waals surface area contributed by atoms with E-state index in [0.29, 0.717) is 49.7 Å². The summed E-state index contributed by atoms with van der Waals surface area (Å²) in [5, 5.41) is 2.91. The van der Waals surface area contributed by atoms with Crippen molar-refractivity contribution < 1.29 is 23.1 Å². The lowest BCUT2D eigenvalue weighted by Gasteiger charge is -2.31. The van der Waals surface area contributed by atoms with Gasteiger partial charge < -0.3 is 15.0 Å². The third kappa shape index (κ3) is 6.05. The summed E-state index contributed by atoms with van der Waals surface area (Å²) >= 11 is 0. The molecule has 0 aliphatic carbocycles. The van der Waals surface area contributed by atoms with E-state index >= 15 is 0 Å². The van der Waals surface area contributed by atoms with Crippen LogP contribution in [0.2, 0.25) is 0 Å². The molecule has 1 aliphatic rings. The van der Waals surface area contributed by atoms with Crippen LogP contribution in [0, 0.1) is 17.6 Å². The number of para-hydroxylation sites is 3. The van der Waals surface area contributed by atoms with Gasteiger partial charge in [-0.2, -0.15) is 0 Å². The molecule has 0 atom stereocenters. The summed E-state index contributed by atoms with van der Waals surface area (Å²) in [5.74, 6) is -0.909. The Bertz CT molecular complexity index is 1150. The molecule has 34 heavy (non-hydrogen) atoms. The second kappa shape index (κ2) is 11.0. The minimum atomic E-state index is -0.693. The fourth-order valence-corrected chi connectivity index (χ4v) is 4.07. The van der Waals surface area contributed by atoms with E-state index in [-0.39, 0.29) is 29.6 Å². The second-order valence-corrected chi connectivity index (χ2v) is 8.31. The van der Waals surface area contributed by atoms with Gasteiger partial charge in [0.2, 0.25) is 5.91 Å². The highest BCUT2D eigenvalue weighted by atomic mass is 19.1. The van der Waals surface area contributed by atoms with Crippen molar-refractivity contribution >= 4 is 17.4 Å². The first kappa shape index (κ1) is 23.6. The van der Waals surface area contributed by atoms with Gasteiger partial charge >= 0.3 is 0 Å². The van der Waals surface area contributed by atoms with Crippen molar-refractivity contribution in [3.05, 3.63) is 90.0 Å². The molecule has 1 amide bonds. The van der Waals surface area contributed by atoms with Gasteiger partial charge in [-0.25, -0.2) is 8.78 Å². The molecule has 0 spiro atoms. The summed E-state index contributed by atoms with van der Waals surface area (Å²) in [7, 11) is 0. The Kier molecular flexibility index (Phi) is 7.65. The SMILES string of the molecule is O=C(CCN1CCC(C(=O)c2cc(F)ccc2F)CC1)Nc1ccccc1Oc1ccccc1. The molecule has 0 unspecified atom stereocenters. The van der Waals surface area contributed by atoms with E-state index in [1.54, 1.807) is 12.1 Å². The zero-order chi connectivity index (χ0) is 23.9. The molecular weight excluding hydrogens is 438 g/mol. The van der Waals surface area contributed by atoms with Gasteiger partial charge in [0.05, 0.1) is 11.3 Å². The Hall–Kier alpha value is -3.58. The van der Waals surface area contributed by atoms with Gasteiger partial charge in [0.25, 0.3) is 0 Å². The van der Waals surface area contributed by atoms with Crippen LogP contribution in [-0.2, 0) is 4.79 Å². The van der Waals surface area contributed by atoms with Gasteiger partial charge in [0, 0.05) is 18.9 Å². The van der Waals surface area contributed by atoms with Crippen LogP contribution in [0.1, 0.15) is 29.6 Å². The van der Waals surface area contributed by atoms with Gasteiger partial charge in [-0.15, -0.1) is 0 Å². The normalized spacial score (nSPS) is 14.5. The lowest BCUT2D eigenvalue weighted by Crippen LogP contribution is -2.38. The van der Waals surface area contributed by atoms with Crippen molar-refractivity contribution in [1.29, 1.82) is 0 Å². The van der Waals surface area contributed by atoms with Crippen LogP contribution < -0.4 is 10.1 Å². The molecule has 0 radical (unpaired) electrons. The van der Waals surface area contributed by atoms with E-state index in [1.807, 2.05) is 42.5 Å². The topological polar surface area (TPSA) is 58.6 Å². The van der Waals surface area contributed by atoms with Crippen LogP contribution in [0.3, 0.4) is 0 Å². The maximum absolute atomic E-state index is 13.9. The van der Waals surface area contributed by atoms with Crippen molar-refractivity contribution in [3.63, 3.8) is 0 Å². The number of hydrogen-bond donors (Lipinski definition) is 1. The van der Waals surface area contributed by atoms with Crippen molar-refractivity contribution in [2.75, 3.05) is 25.0 Å². The number of rotatable bonds is 8. The van der Waals surface area contributed by atoms with Gasteiger partial charge in [0.1, 0.15) is 17.4 Å². The summed E-state index contributed by atoms with van der Waals surface area (Å²) in [5.41, 5.74) is 0.409. The number of ether oxygens (including phenoxy) is 1. The zero-order valence-electron chi connectivity index (χ0n) is 18.7. The Balaban J connectivity index is 1.26. The van der Waals surface area contributed by atoms with E-state index in [9.17, 15) is 18.4 Å². The number of carbonyl (C=O) groups excluding carboxylic acids is 2. The molecule has 1 aliphatic heterocycles.